The van der Waals surface area contributed by atoms with Crippen molar-refractivity contribution in [1.82, 2.24) is 14.5 Å². The minimum atomic E-state index is -0.388. The van der Waals surface area contributed by atoms with Crippen LogP contribution >= 0.6 is 0 Å². The van der Waals surface area contributed by atoms with Crippen molar-refractivity contribution in [2.45, 2.75) is 52.7 Å². The number of aromatic nitrogens is 3. The molecule has 0 fully saturated rings. The molecule has 0 saturated carbocycles. The summed E-state index contributed by atoms with van der Waals surface area (Å²) in [6.07, 6.45) is 2.18. The fraction of sp³-hybridized carbons (Fsp3) is 0.474. The second kappa shape index (κ2) is 8.78. The number of aliphatic hydroxyl groups excluding tert-OH is 2. The number of hydrogen-bond donors (Lipinski definition) is 3. The van der Waals surface area contributed by atoms with Gasteiger partial charge in [-0.3, -0.25) is 0 Å². The molecule has 3 aromatic rings. The van der Waals surface area contributed by atoms with Gasteiger partial charge in [-0.25, -0.2) is 9.97 Å². The summed E-state index contributed by atoms with van der Waals surface area (Å²) in [7, 11) is 0. The van der Waals surface area contributed by atoms with Gasteiger partial charge in [0.2, 0.25) is 0 Å². The van der Waals surface area contributed by atoms with E-state index in [1.165, 1.54) is 0 Å². The number of aliphatic hydroxyl groups is 2. The SMILES string of the molecule is CCCc1nc2c(N)nc3ccccc3c2n1CC(O)CC.CCO. The second-order valence-electron chi connectivity index (χ2n) is 5.98. The molecule has 2 heterocycles. The molecule has 0 spiro atoms. The highest BCUT2D eigenvalue weighted by Gasteiger charge is 2.18. The van der Waals surface area contributed by atoms with Crippen molar-refractivity contribution in [3.63, 3.8) is 0 Å². The lowest BCUT2D eigenvalue weighted by Crippen LogP contribution is -2.17. The number of para-hydroxylation sites is 1. The Labute approximate surface area is 148 Å². The van der Waals surface area contributed by atoms with E-state index in [-0.39, 0.29) is 12.7 Å². The first-order valence-electron chi connectivity index (χ1n) is 8.89. The molecule has 0 aliphatic carbocycles. The summed E-state index contributed by atoms with van der Waals surface area (Å²) in [4.78, 5) is 9.16. The van der Waals surface area contributed by atoms with Crippen LogP contribution in [0.5, 0.6) is 0 Å². The Balaban J connectivity index is 0.000000701. The molecule has 0 saturated heterocycles. The van der Waals surface area contributed by atoms with Gasteiger partial charge in [0.25, 0.3) is 0 Å². The summed E-state index contributed by atoms with van der Waals surface area (Å²) in [5.41, 5.74) is 8.70. The number of hydrogen-bond acceptors (Lipinski definition) is 5. The highest BCUT2D eigenvalue weighted by atomic mass is 16.3. The molecule has 25 heavy (non-hydrogen) atoms. The van der Waals surface area contributed by atoms with Crippen molar-refractivity contribution in [3.8, 4) is 0 Å². The Kier molecular flexibility index (Phi) is 6.73. The predicted octanol–water partition coefficient (Wildman–Crippen LogP) is 2.89. The van der Waals surface area contributed by atoms with Gasteiger partial charge in [-0.2, -0.15) is 0 Å². The smallest absolute Gasteiger partial charge is 0.152 e. The maximum Gasteiger partial charge on any atom is 0.152 e. The maximum atomic E-state index is 10.1. The Hall–Kier alpha value is -2.18. The van der Waals surface area contributed by atoms with Gasteiger partial charge in [0.05, 0.1) is 23.7 Å². The van der Waals surface area contributed by atoms with Crippen LogP contribution in [0, 0.1) is 0 Å². The fourth-order valence-electron chi connectivity index (χ4n) is 2.86. The zero-order chi connectivity index (χ0) is 18.4. The van der Waals surface area contributed by atoms with Crippen molar-refractivity contribution < 1.29 is 10.2 Å². The topological polar surface area (TPSA) is 97.2 Å². The number of nitrogens with zero attached hydrogens (tertiary/aromatic N) is 3. The lowest BCUT2D eigenvalue weighted by atomic mass is 10.1. The molecule has 1 atom stereocenters. The third-order valence-electron chi connectivity index (χ3n) is 4.03. The van der Waals surface area contributed by atoms with Crippen LogP contribution in [0.25, 0.3) is 21.9 Å². The quantitative estimate of drug-likeness (QED) is 0.661. The molecular weight excluding hydrogens is 316 g/mol. The monoisotopic (exact) mass is 344 g/mol. The van der Waals surface area contributed by atoms with Gasteiger partial charge < -0.3 is 20.5 Å². The Morgan fingerprint density at radius 1 is 1.16 bits per heavy atom. The van der Waals surface area contributed by atoms with Crippen LogP contribution < -0.4 is 5.73 Å². The molecule has 2 aromatic heterocycles. The largest absolute Gasteiger partial charge is 0.397 e. The molecule has 6 heteroatoms. The summed E-state index contributed by atoms with van der Waals surface area (Å²) < 4.78 is 2.12. The second-order valence-corrected chi connectivity index (χ2v) is 5.98. The molecular formula is C19H28N4O2. The molecule has 1 unspecified atom stereocenters. The minimum absolute atomic E-state index is 0.250. The molecule has 0 aliphatic rings. The van der Waals surface area contributed by atoms with Gasteiger partial charge in [0, 0.05) is 18.4 Å². The highest BCUT2D eigenvalue weighted by Crippen LogP contribution is 2.29. The van der Waals surface area contributed by atoms with Gasteiger partial charge in [-0.15, -0.1) is 0 Å². The van der Waals surface area contributed by atoms with E-state index in [9.17, 15) is 5.11 Å². The predicted molar refractivity (Wildman–Crippen MR) is 102 cm³/mol. The van der Waals surface area contributed by atoms with Crippen molar-refractivity contribution in [1.29, 1.82) is 0 Å². The highest BCUT2D eigenvalue weighted by molar-refractivity contribution is 6.06. The summed E-state index contributed by atoms with van der Waals surface area (Å²) in [6, 6.07) is 7.94. The lowest BCUT2D eigenvalue weighted by Gasteiger charge is -2.14. The van der Waals surface area contributed by atoms with Gasteiger partial charge in [-0.05, 0) is 25.8 Å². The van der Waals surface area contributed by atoms with Gasteiger partial charge in [0.15, 0.2) is 5.82 Å². The van der Waals surface area contributed by atoms with Gasteiger partial charge in [-0.1, -0.05) is 32.0 Å². The van der Waals surface area contributed by atoms with E-state index >= 15 is 0 Å². The Bertz CT molecular complexity index is 829. The Morgan fingerprint density at radius 3 is 2.48 bits per heavy atom. The number of rotatable bonds is 5. The lowest BCUT2D eigenvalue weighted by molar-refractivity contribution is 0.150. The average molecular weight is 344 g/mol. The van der Waals surface area contributed by atoms with Gasteiger partial charge >= 0.3 is 0 Å². The molecule has 0 amide bonds. The zero-order valence-corrected chi connectivity index (χ0v) is 15.2. The molecule has 0 bridgehead atoms. The van der Waals surface area contributed by atoms with E-state index in [4.69, 9.17) is 15.8 Å². The third-order valence-corrected chi connectivity index (χ3v) is 4.03. The van der Waals surface area contributed by atoms with Crippen LogP contribution in [0.4, 0.5) is 5.82 Å². The van der Waals surface area contributed by atoms with Crippen LogP contribution in [-0.2, 0) is 13.0 Å². The van der Waals surface area contributed by atoms with Crippen LogP contribution in [0.3, 0.4) is 0 Å². The van der Waals surface area contributed by atoms with Crippen molar-refractivity contribution in [2.24, 2.45) is 0 Å². The van der Waals surface area contributed by atoms with E-state index < -0.39 is 0 Å². The average Bonchev–Trinajstić information content (AvgIpc) is 2.95. The summed E-state index contributed by atoms with van der Waals surface area (Å²) >= 11 is 0. The van der Waals surface area contributed by atoms with Gasteiger partial charge in [0.1, 0.15) is 11.3 Å². The van der Waals surface area contributed by atoms with E-state index in [2.05, 4.69) is 16.5 Å². The molecule has 0 radical (unpaired) electrons. The number of benzene rings is 1. The maximum absolute atomic E-state index is 10.1. The van der Waals surface area contributed by atoms with Crippen molar-refractivity contribution >= 4 is 27.8 Å². The molecule has 1 aromatic carbocycles. The van der Waals surface area contributed by atoms with Crippen LogP contribution in [0.1, 0.15) is 39.4 Å². The van der Waals surface area contributed by atoms with Crippen LogP contribution in [-0.4, -0.2) is 37.5 Å². The first-order valence-corrected chi connectivity index (χ1v) is 8.89. The first kappa shape index (κ1) is 19.1. The minimum Gasteiger partial charge on any atom is -0.397 e. The summed E-state index contributed by atoms with van der Waals surface area (Å²) in [5.74, 6) is 1.42. The van der Waals surface area contributed by atoms with E-state index in [1.54, 1.807) is 6.92 Å². The number of imidazole rings is 1. The third kappa shape index (κ3) is 4.08. The summed E-state index contributed by atoms with van der Waals surface area (Å²) in [5, 5.41) is 18.7. The Morgan fingerprint density at radius 2 is 1.84 bits per heavy atom. The number of nitrogen functional groups attached to an aromatic ring is 1. The molecule has 0 aliphatic heterocycles. The fourth-order valence-corrected chi connectivity index (χ4v) is 2.86. The number of pyridine rings is 1. The standard InChI is InChI=1S/C17H22N4O.C2H6O/c1-3-7-14-20-15-16(21(14)10-11(22)4-2)12-8-5-6-9-13(12)19-17(15)18;1-2-3/h5-6,8-9,11,22H,3-4,7,10H2,1-2H3,(H2,18,19);3H,2H2,1H3. The normalized spacial score (nSPS) is 12.2. The van der Waals surface area contributed by atoms with E-state index in [0.29, 0.717) is 18.8 Å². The molecule has 4 N–H and O–H groups in total. The molecule has 6 nitrogen and oxygen atoms in total. The number of anilines is 1. The number of nitrogens with two attached hydrogens (primary N) is 1. The van der Waals surface area contributed by atoms with Crippen molar-refractivity contribution in [3.05, 3.63) is 30.1 Å². The van der Waals surface area contributed by atoms with E-state index in [1.807, 2.05) is 31.2 Å². The van der Waals surface area contributed by atoms with Crippen LogP contribution in [0.15, 0.2) is 24.3 Å². The zero-order valence-electron chi connectivity index (χ0n) is 15.2. The first-order chi connectivity index (χ1) is 12.1. The molecule has 3 rings (SSSR count). The summed E-state index contributed by atoms with van der Waals surface area (Å²) in [6.45, 7) is 6.58. The van der Waals surface area contributed by atoms with E-state index in [0.717, 1.165) is 40.6 Å². The van der Waals surface area contributed by atoms with Crippen molar-refractivity contribution in [2.75, 3.05) is 12.3 Å². The molecule has 136 valence electrons. The number of fused-ring (bicyclic) bond motifs is 3. The number of aryl methyl sites for hydroxylation is 1. The van der Waals surface area contributed by atoms with Crippen LogP contribution in [0.2, 0.25) is 0 Å².